The second-order valence-corrected chi connectivity index (χ2v) is 5.40. The first-order valence-electron chi connectivity index (χ1n) is 7.14. The average molecular weight is 275 g/mol. The Balaban J connectivity index is 2.05. The van der Waals surface area contributed by atoms with Gasteiger partial charge in [-0.15, -0.1) is 0 Å². The van der Waals surface area contributed by atoms with Crippen molar-refractivity contribution < 1.29 is 14.3 Å². The Morgan fingerprint density at radius 3 is 2.75 bits per heavy atom. The third kappa shape index (κ3) is 3.38. The molecule has 1 heterocycles. The Morgan fingerprint density at radius 2 is 2.10 bits per heavy atom. The lowest BCUT2D eigenvalue weighted by Gasteiger charge is -2.21. The molecule has 0 N–H and O–H groups in total. The van der Waals surface area contributed by atoms with E-state index in [2.05, 4.69) is 0 Å². The van der Waals surface area contributed by atoms with Gasteiger partial charge in [0.15, 0.2) is 0 Å². The number of carbonyl (C=O) groups excluding carboxylic acids is 2. The lowest BCUT2D eigenvalue weighted by molar-refractivity contribution is -0.130. The zero-order chi connectivity index (χ0) is 14.5. The van der Waals surface area contributed by atoms with Crippen molar-refractivity contribution in [2.45, 2.75) is 39.2 Å². The first-order valence-corrected chi connectivity index (χ1v) is 7.14. The molecule has 1 aliphatic heterocycles. The summed E-state index contributed by atoms with van der Waals surface area (Å²) in [7, 11) is 0. The van der Waals surface area contributed by atoms with Crippen molar-refractivity contribution in [3.8, 4) is 0 Å². The number of hydrogen-bond donors (Lipinski definition) is 0. The second kappa shape index (κ2) is 6.55. The lowest BCUT2D eigenvalue weighted by Crippen LogP contribution is -2.40. The summed E-state index contributed by atoms with van der Waals surface area (Å²) < 4.78 is 5.05. The van der Waals surface area contributed by atoms with E-state index in [1.165, 1.54) is 4.90 Å². The SMILES string of the molecule is CC[C@@H](C)CC(=O)N1C(=O)OC[C@H]1Cc1ccccc1. The van der Waals surface area contributed by atoms with Gasteiger partial charge in [0.1, 0.15) is 6.61 Å². The van der Waals surface area contributed by atoms with Gasteiger partial charge < -0.3 is 4.74 Å². The number of carbonyl (C=O) groups is 2. The maximum atomic E-state index is 12.3. The average Bonchev–Trinajstić information content (AvgIpc) is 2.80. The Bertz CT molecular complexity index is 472. The highest BCUT2D eigenvalue weighted by Crippen LogP contribution is 2.20. The fourth-order valence-corrected chi connectivity index (χ4v) is 2.34. The van der Waals surface area contributed by atoms with Crippen molar-refractivity contribution in [3.63, 3.8) is 0 Å². The van der Waals surface area contributed by atoms with Crippen molar-refractivity contribution in [2.75, 3.05) is 6.61 Å². The van der Waals surface area contributed by atoms with Crippen LogP contribution >= 0.6 is 0 Å². The highest BCUT2D eigenvalue weighted by atomic mass is 16.6. The topological polar surface area (TPSA) is 46.6 Å². The molecular weight excluding hydrogens is 254 g/mol. The van der Waals surface area contributed by atoms with E-state index in [1.807, 2.05) is 44.2 Å². The van der Waals surface area contributed by atoms with Crippen LogP contribution in [-0.4, -0.2) is 29.5 Å². The second-order valence-electron chi connectivity index (χ2n) is 5.40. The zero-order valence-corrected chi connectivity index (χ0v) is 12.0. The Labute approximate surface area is 119 Å². The highest BCUT2D eigenvalue weighted by Gasteiger charge is 2.37. The molecule has 0 bridgehead atoms. The monoisotopic (exact) mass is 275 g/mol. The van der Waals surface area contributed by atoms with Gasteiger partial charge >= 0.3 is 6.09 Å². The minimum absolute atomic E-state index is 0.122. The molecule has 2 rings (SSSR count). The number of cyclic esters (lactones) is 1. The maximum absolute atomic E-state index is 12.3. The van der Waals surface area contributed by atoms with Gasteiger partial charge in [0.2, 0.25) is 5.91 Å². The molecule has 108 valence electrons. The predicted octanol–water partition coefficient (Wildman–Crippen LogP) is 3.01. The number of imide groups is 1. The first kappa shape index (κ1) is 14.6. The van der Waals surface area contributed by atoms with Gasteiger partial charge in [-0.1, -0.05) is 50.6 Å². The van der Waals surface area contributed by atoms with Gasteiger partial charge in [0, 0.05) is 6.42 Å². The number of rotatable bonds is 5. The van der Waals surface area contributed by atoms with Gasteiger partial charge in [-0.3, -0.25) is 4.79 Å². The molecule has 1 saturated heterocycles. The summed E-state index contributed by atoms with van der Waals surface area (Å²) in [6.07, 6.45) is 1.48. The van der Waals surface area contributed by atoms with Crippen LogP contribution in [0.2, 0.25) is 0 Å². The summed E-state index contributed by atoms with van der Waals surface area (Å²) >= 11 is 0. The van der Waals surface area contributed by atoms with Crippen LogP contribution in [0.3, 0.4) is 0 Å². The standard InChI is InChI=1S/C16H21NO3/c1-3-12(2)9-15(18)17-14(11-20-16(17)19)10-13-7-5-4-6-8-13/h4-8,12,14H,3,9-11H2,1-2H3/t12-,14-/m1/s1. The molecule has 0 saturated carbocycles. The number of ether oxygens (including phenoxy) is 1. The van der Waals surface area contributed by atoms with Crippen molar-refractivity contribution in [3.05, 3.63) is 35.9 Å². The maximum Gasteiger partial charge on any atom is 0.416 e. The summed E-state index contributed by atoms with van der Waals surface area (Å²) in [5.74, 6) is 0.163. The Kier molecular flexibility index (Phi) is 4.77. The van der Waals surface area contributed by atoms with Gasteiger partial charge in [-0.25, -0.2) is 9.69 Å². The summed E-state index contributed by atoms with van der Waals surface area (Å²) in [5, 5.41) is 0. The third-order valence-electron chi connectivity index (χ3n) is 3.76. The molecule has 2 atom stereocenters. The number of hydrogen-bond acceptors (Lipinski definition) is 3. The van der Waals surface area contributed by atoms with E-state index in [9.17, 15) is 9.59 Å². The van der Waals surface area contributed by atoms with Crippen LogP contribution in [0.25, 0.3) is 0 Å². The van der Waals surface area contributed by atoms with E-state index in [-0.39, 0.29) is 17.9 Å². The van der Waals surface area contributed by atoms with Crippen molar-refractivity contribution in [2.24, 2.45) is 5.92 Å². The molecule has 1 aromatic carbocycles. The summed E-state index contributed by atoms with van der Waals surface area (Å²) in [6, 6.07) is 9.68. The molecule has 0 aliphatic carbocycles. The van der Waals surface area contributed by atoms with E-state index in [0.29, 0.717) is 19.4 Å². The van der Waals surface area contributed by atoms with Gasteiger partial charge in [0.05, 0.1) is 6.04 Å². The molecule has 1 fully saturated rings. The smallest absolute Gasteiger partial charge is 0.416 e. The molecule has 1 aromatic rings. The van der Waals surface area contributed by atoms with Gasteiger partial charge in [-0.05, 0) is 17.9 Å². The Hall–Kier alpha value is -1.84. The normalized spacial score (nSPS) is 19.8. The van der Waals surface area contributed by atoms with E-state index >= 15 is 0 Å². The van der Waals surface area contributed by atoms with Crippen LogP contribution in [0.5, 0.6) is 0 Å². The largest absolute Gasteiger partial charge is 0.447 e. The molecule has 2 amide bonds. The number of benzene rings is 1. The molecule has 0 spiro atoms. The van der Waals surface area contributed by atoms with Crippen LogP contribution < -0.4 is 0 Å². The molecule has 20 heavy (non-hydrogen) atoms. The minimum atomic E-state index is -0.501. The molecule has 1 aliphatic rings. The van der Waals surface area contributed by atoms with Crippen LogP contribution in [0, 0.1) is 5.92 Å². The highest BCUT2D eigenvalue weighted by molar-refractivity contribution is 5.93. The zero-order valence-electron chi connectivity index (χ0n) is 12.0. The number of nitrogens with zero attached hydrogens (tertiary/aromatic N) is 1. The van der Waals surface area contributed by atoms with E-state index in [1.54, 1.807) is 0 Å². The van der Waals surface area contributed by atoms with Crippen LogP contribution in [0.1, 0.15) is 32.3 Å². The molecule has 4 nitrogen and oxygen atoms in total. The van der Waals surface area contributed by atoms with Crippen LogP contribution in [0.4, 0.5) is 4.79 Å². The summed E-state index contributed by atoms with van der Waals surface area (Å²) in [4.78, 5) is 25.3. The summed E-state index contributed by atoms with van der Waals surface area (Å²) in [5.41, 5.74) is 1.11. The fourth-order valence-electron chi connectivity index (χ4n) is 2.34. The molecule has 0 unspecified atom stereocenters. The molecular formula is C16H21NO3. The van der Waals surface area contributed by atoms with Crippen molar-refractivity contribution in [1.29, 1.82) is 0 Å². The van der Waals surface area contributed by atoms with Crippen LogP contribution in [0.15, 0.2) is 30.3 Å². The summed E-state index contributed by atoms with van der Waals surface area (Å²) in [6.45, 7) is 4.35. The third-order valence-corrected chi connectivity index (χ3v) is 3.76. The van der Waals surface area contributed by atoms with E-state index in [0.717, 1.165) is 12.0 Å². The van der Waals surface area contributed by atoms with E-state index < -0.39 is 6.09 Å². The van der Waals surface area contributed by atoms with Crippen molar-refractivity contribution >= 4 is 12.0 Å². The van der Waals surface area contributed by atoms with Crippen LogP contribution in [-0.2, 0) is 16.0 Å². The van der Waals surface area contributed by atoms with Gasteiger partial charge in [-0.2, -0.15) is 0 Å². The predicted molar refractivity (Wildman–Crippen MR) is 76.2 cm³/mol. The van der Waals surface area contributed by atoms with Gasteiger partial charge in [0.25, 0.3) is 0 Å². The molecule has 0 radical (unpaired) electrons. The lowest BCUT2D eigenvalue weighted by atomic mass is 10.0. The first-order chi connectivity index (χ1) is 9.61. The fraction of sp³-hybridized carbons (Fsp3) is 0.500. The van der Waals surface area contributed by atoms with E-state index in [4.69, 9.17) is 4.74 Å². The molecule has 0 aromatic heterocycles. The minimum Gasteiger partial charge on any atom is -0.447 e. The number of amides is 2. The van der Waals surface area contributed by atoms with Crippen molar-refractivity contribution in [1.82, 2.24) is 4.90 Å². The Morgan fingerprint density at radius 1 is 1.40 bits per heavy atom. The quantitative estimate of drug-likeness (QED) is 0.830. The molecule has 4 heteroatoms.